The molecule has 0 aliphatic heterocycles. The molecule has 0 aromatic carbocycles. The van der Waals surface area contributed by atoms with Crippen LogP contribution in [-0.2, 0) is 16.1 Å². The third-order valence-corrected chi connectivity index (χ3v) is 2.16. The van der Waals surface area contributed by atoms with Crippen LogP contribution in [0.2, 0.25) is 0 Å². The van der Waals surface area contributed by atoms with Crippen LogP contribution in [0.1, 0.15) is 13.3 Å². The molecule has 7 heteroatoms. The highest BCUT2D eigenvalue weighted by Crippen LogP contribution is 2.02. The number of hydrogen-bond donors (Lipinski definition) is 1. The van der Waals surface area contributed by atoms with E-state index in [0.717, 1.165) is 0 Å². The number of halogens is 1. The number of ether oxygens (including phenoxy) is 1. The summed E-state index contributed by atoms with van der Waals surface area (Å²) in [4.78, 5) is 22.1. The van der Waals surface area contributed by atoms with E-state index in [4.69, 9.17) is 4.74 Å². The molecule has 0 fully saturated rings. The molecule has 0 radical (unpaired) electrons. The van der Waals surface area contributed by atoms with Crippen LogP contribution in [-0.4, -0.2) is 27.3 Å². The first kappa shape index (κ1) is 11.0. The highest BCUT2D eigenvalue weighted by molar-refractivity contribution is 9.10. The average Bonchev–Trinajstić information content (AvgIpc) is 2.44. The van der Waals surface area contributed by atoms with Crippen molar-refractivity contribution in [3.05, 3.63) is 15.2 Å². The van der Waals surface area contributed by atoms with Gasteiger partial charge in [0.05, 0.1) is 13.0 Å². The summed E-state index contributed by atoms with van der Waals surface area (Å²) < 4.78 is 6.42. The summed E-state index contributed by atoms with van der Waals surface area (Å²) in [5, 5.41) is 5.88. The number of carbonyl (C=O) groups excluding carboxylic acids is 1. The number of aromatic nitrogens is 3. The van der Waals surface area contributed by atoms with Gasteiger partial charge in [-0.2, -0.15) is 0 Å². The van der Waals surface area contributed by atoms with E-state index in [1.807, 2.05) is 0 Å². The normalized spacial score (nSPS) is 10.1. The van der Waals surface area contributed by atoms with Crippen LogP contribution >= 0.6 is 15.9 Å². The van der Waals surface area contributed by atoms with Gasteiger partial charge < -0.3 is 4.74 Å². The molecular formula is C7H10BrN3O3. The minimum atomic E-state index is -0.346. The lowest BCUT2D eigenvalue weighted by Crippen LogP contribution is -2.19. The van der Waals surface area contributed by atoms with Crippen molar-refractivity contribution >= 4 is 21.9 Å². The molecule has 0 saturated heterocycles. The third-order valence-electron chi connectivity index (χ3n) is 1.56. The molecule has 1 rings (SSSR count). The van der Waals surface area contributed by atoms with Gasteiger partial charge in [0, 0.05) is 6.54 Å². The monoisotopic (exact) mass is 263 g/mol. The lowest BCUT2D eigenvalue weighted by Gasteiger charge is -2.01. The molecule has 1 aromatic rings. The molecule has 0 saturated carbocycles. The lowest BCUT2D eigenvalue weighted by molar-refractivity contribution is -0.143. The van der Waals surface area contributed by atoms with Gasteiger partial charge in [-0.1, -0.05) is 0 Å². The standard InChI is InChI=1S/C7H10BrN3O3/c1-2-14-5(12)3-4-11-6(8)9-10-7(11)13/h2-4H2,1H3,(H,10,13). The number of carbonyl (C=O) groups is 1. The maximum absolute atomic E-state index is 11.1. The van der Waals surface area contributed by atoms with E-state index >= 15 is 0 Å². The van der Waals surface area contributed by atoms with Crippen LogP contribution in [0.3, 0.4) is 0 Å². The van der Waals surface area contributed by atoms with Gasteiger partial charge in [-0.15, -0.1) is 5.10 Å². The van der Waals surface area contributed by atoms with Crippen LogP contribution in [0.15, 0.2) is 9.53 Å². The van der Waals surface area contributed by atoms with Gasteiger partial charge in [0.2, 0.25) is 4.73 Å². The predicted molar refractivity (Wildman–Crippen MR) is 51.8 cm³/mol. The van der Waals surface area contributed by atoms with Gasteiger partial charge in [0.15, 0.2) is 0 Å². The molecule has 0 unspecified atom stereocenters. The van der Waals surface area contributed by atoms with Crippen LogP contribution in [0, 0.1) is 0 Å². The molecule has 14 heavy (non-hydrogen) atoms. The molecule has 6 nitrogen and oxygen atoms in total. The van der Waals surface area contributed by atoms with Gasteiger partial charge in [-0.25, -0.2) is 9.89 Å². The summed E-state index contributed by atoms with van der Waals surface area (Å²) in [6.45, 7) is 2.34. The zero-order valence-corrected chi connectivity index (χ0v) is 9.20. The number of nitrogens with zero attached hydrogens (tertiary/aromatic N) is 2. The van der Waals surface area contributed by atoms with Gasteiger partial charge in [0.25, 0.3) is 0 Å². The first-order valence-corrected chi connectivity index (χ1v) is 4.90. The molecule has 0 aliphatic rings. The highest BCUT2D eigenvalue weighted by Gasteiger charge is 2.07. The molecule has 1 aromatic heterocycles. The summed E-state index contributed by atoms with van der Waals surface area (Å²) in [6.07, 6.45) is 0.159. The van der Waals surface area contributed by atoms with E-state index in [2.05, 4.69) is 26.1 Å². The minimum Gasteiger partial charge on any atom is -0.466 e. The number of aromatic amines is 1. The van der Waals surface area contributed by atoms with Crippen molar-refractivity contribution in [3.8, 4) is 0 Å². The van der Waals surface area contributed by atoms with Gasteiger partial charge >= 0.3 is 11.7 Å². The van der Waals surface area contributed by atoms with E-state index < -0.39 is 0 Å². The number of esters is 1. The Balaban J connectivity index is 2.53. The molecule has 0 amide bonds. The first-order chi connectivity index (χ1) is 6.65. The smallest absolute Gasteiger partial charge is 0.343 e. The fourth-order valence-corrected chi connectivity index (χ4v) is 1.36. The summed E-state index contributed by atoms with van der Waals surface area (Å²) in [5.41, 5.74) is -0.346. The maximum Gasteiger partial charge on any atom is 0.343 e. The van der Waals surface area contributed by atoms with Crippen molar-refractivity contribution in [1.29, 1.82) is 0 Å². The molecule has 0 atom stereocenters. The van der Waals surface area contributed by atoms with Crippen LogP contribution in [0.25, 0.3) is 0 Å². The van der Waals surface area contributed by atoms with Gasteiger partial charge in [-0.05, 0) is 22.9 Å². The minimum absolute atomic E-state index is 0.159. The molecule has 1 N–H and O–H groups in total. The summed E-state index contributed by atoms with van der Waals surface area (Å²) in [6, 6.07) is 0. The molecule has 0 bridgehead atoms. The van der Waals surface area contributed by atoms with Crippen molar-refractivity contribution in [2.45, 2.75) is 19.9 Å². The Kier molecular flexibility index (Phi) is 3.87. The molecule has 0 spiro atoms. The quantitative estimate of drug-likeness (QED) is 0.793. The van der Waals surface area contributed by atoms with Gasteiger partial charge in [-0.3, -0.25) is 9.36 Å². The van der Waals surface area contributed by atoms with E-state index in [1.54, 1.807) is 6.92 Å². The number of H-pyrrole nitrogens is 1. The third kappa shape index (κ3) is 2.69. The topological polar surface area (TPSA) is 77.0 Å². The van der Waals surface area contributed by atoms with Crippen LogP contribution in [0.5, 0.6) is 0 Å². The Bertz CT molecular complexity index is 371. The van der Waals surface area contributed by atoms with Crippen LogP contribution < -0.4 is 5.69 Å². The first-order valence-electron chi connectivity index (χ1n) is 4.11. The van der Waals surface area contributed by atoms with Crippen molar-refractivity contribution in [2.24, 2.45) is 0 Å². The fraction of sp³-hybridized carbons (Fsp3) is 0.571. The number of nitrogens with one attached hydrogen (secondary N) is 1. The molecule has 1 heterocycles. The van der Waals surface area contributed by atoms with E-state index in [0.29, 0.717) is 11.3 Å². The molecule has 0 aliphatic carbocycles. The summed E-state index contributed by atoms with van der Waals surface area (Å²) in [5.74, 6) is -0.326. The SMILES string of the molecule is CCOC(=O)CCn1c(Br)n[nH]c1=O. The molecule has 78 valence electrons. The van der Waals surface area contributed by atoms with Crippen molar-refractivity contribution in [1.82, 2.24) is 14.8 Å². The van der Waals surface area contributed by atoms with E-state index in [-0.39, 0.29) is 24.6 Å². The second kappa shape index (κ2) is 4.94. The van der Waals surface area contributed by atoms with Crippen molar-refractivity contribution in [3.63, 3.8) is 0 Å². The van der Waals surface area contributed by atoms with Crippen molar-refractivity contribution < 1.29 is 9.53 Å². The van der Waals surface area contributed by atoms with Crippen molar-refractivity contribution in [2.75, 3.05) is 6.61 Å². The molecular weight excluding hydrogens is 254 g/mol. The Morgan fingerprint density at radius 3 is 2.93 bits per heavy atom. The Labute approximate surface area is 88.4 Å². The fourth-order valence-electron chi connectivity index (χ4n) is 0.929. The second-order valence-corrected chi connectivity index (χ2v) is 3.21. The number of hydrogen-bond acceptors (Lipinski definition) is 4. The zero-order valence-electron chi connectivity index (χ0n) is 7.62. The largest absolute Gasteiger partial charge is 0.466 e. The van der Waals surface area contributed by atoms with E-state index in [9.17, 15) is 9.59 Å². The highest BCUT2D eigenvalue weighted by atomic mass is 79.9. The average molecular weight is 264 g/mol. The van der Waals surface area contributed by atoms with Gasteiger partial charge in [0.1, 0.15) is 0 Å². The van der Waals surface area contributed by atoms with Crippen LogP contribution in [0.4, 0.5) is 0 Å². The Morgan fingerprint density at radius 1 is 1.71 bits per heavy atom. The Morgan fingerprint density at radius 2 is 2.43 bits per heavy atom. The zero-order chi connectivity index (χ0) is 10.6. The van der Waals surface area contributed by atoms with E-state index in [1.165, 1.54) is 4.57 Å². The second-order valence-electron chi connectivity index (χ2n) is 2.50. The summed E-state index contributed by atoms with van der Waals surface area (Å²) in [7, 11) is 0. The lowest BCUT2D eigenvalue weighted by atomic mass is 10.4. The number of rotatable bonds is 4. The Hall–Kier alpha value is -1.11. The predicted octanol–water partition coefficient (Wildman–Crippen LogP) is 0.287. The maximum atomic E-state index is 11.1. The summed E-state index contributed by atoms with van der Waals surface area (Å²) >= 11 is 3.07.